The Morgan fingerprint density at radius 1 is 1.11 bits per heavy atom. The molecule has 1 fully saturated rings. The van der Waals surface area contributed by atoms with Crippen LogP contribution in [0.5, 0.6) is 0 Å². The second kappa shape index (κ2) is 7.53. The van der Waals surface area contributed by atoms with Crippen LogP contribution < -0.4 is 4.90 Å². The highest BCUT2D eigenvalue weighted by molar-refractivity contribution is 5.65. The van der Waals surface area contributed by atoms with Gasteiger partial charge in [-0.15, -0.1) is 0 Å². The Balaban J connectivity index is 1.53. The quantitative estimate of drug-likeness (QED) is 0.511. The van der Waals surface area contributed by atoms with Crippen LogP contribution in [0.4, 0.5) is 11.5 Å². The first-order valence-corrected chi connectivity index (χ1v) is 8.99. The van der Waals surface area contributed by atoms with Crippen LogP contribution in [0.2, 0.25) is 0 Å². The van der Waals surface area contributed by atoms with Gasteiger partial charge in [-0.1, -0.05) is 30.3 Å². The fraction of sp³-hybridized carbons (Fsp3) is 0.316. The third-order valence-electron chi connectivity index (χ3n) is 5.00. The molecule has 0 spiro atoms. The van der Waals surface area contributed by atoms with Crippen LogP contribution in [0.1, 0.15) is 18.4 Å². The molecule has 8 nitrogen and oxygen atoms in total. The lowest BCUT2D eigenvalue weighted by Gasteiger charge is -2.32. The van der Waals surface area contributed by atoms with Crippen molar-refractivity contribution in [3.63, 3.8) is 0 Å². The van der Waals surface area contributed by atoms with Gasteiger partial charge in [-0.3, -0.25) is 14.7 Å². The summed E-state index contributed by atoms with van der Waals surface area (Å²) in [5.41, 5.74) is 1.27. The average molecular weight is 364 g/mol. The fourth-order valence-corrected chi connectivity index (χ4v) is 3.62. The summed E-state index contributed by atoms with van der Waals surface area (Å²) >= 11 is 0. The van der Waals surface area contributed by atoms with Gasteiger partial charge in [0.25, 0.3) is 0 Å². The first-order valence-electron chi connectivity index (χ1n) is 8.99. The maximum Gasteiger partial charge on any atom is 0.354 e. The largest absolute Gasteiger partial charge is 0.354 e. The van der Waals surface area contributed by atoms with Crippen LogP contribution in [0.25, 0.3) is 5.82 Å². The van der Waals surface area contributed by atoms with E-state index in [4.69, 9.17) is 0 Å². The van der Waals surface area contributed by atoms with E-state index in [-0.39, 0.29) is 11.5 Å². The fourth-order valence-electron chi connectivity index (χ4n) is 3.62. The van der Waals surface area contributed by atoms with Crippen molar-refractivity contribution >= 4 is 11.5 Å². The Hall–Kier alpha value is -3.29. The van der Waals surface area contributed by atoms with E-state index in [1.54, 1.807) is 17.0 Å². The summed E-state index contributed by atoms with van der Waals surface area (Å²) in [5.74, 6) is 1.21. The van der Waals surface area contributed by atoms with Crippen molar-refractivity contribution in [2.45, 2.75) is 19.3 Å². The lowest BCUT2D eigenvalue weighted by atomic mass is 9.90. The summed E-state index contributed by atoms with van der Waals surface area (Å²) in [6.07, 6.45) is 9.11. The molecule has 3 heterocycles. The Morgan fingerprint density at radius 2 is 1.85 bits per heavy atom. The molecule has 0 bridgehead atoms. The standard InChI is InChI=1S/C19H20N6O2/c26-25(27)17-18(21-13-22-19(17)24-11-8-20-14-24)23-9-6-16(7-10-23)12-15-4-2-1-3-5-15/h1-5,8,11,13-14,16H,6-7,9-10,12H2. The molecule has 2 aromatic heterocycles. The SMILES string of the molecule is O=[N+]([O-])c1c(N2CCC(Cc3ccccc3)CC2)ncnc1-n1ccnc1. The van der Waals surface area contributed by atoms with E-state index < -0.39 is 4.92 Å². The number of hydrogen-bond donors (Lipinski definition) is 0. The number of nitrogens with zero attached hydrogens (tertiary/aromatic N) is 6. The third kappa shape index (κ3) is 3.64. The third-order valence-corrected chi connectivity index (χ3v) is 5.00. The van der Waals surface area contributed by atoms with E-state index in [9.17, 15) is 10.1 Å². The Labute approximate surface area is 156 Å². The molecule has 0 saturated carbocycles. The van der Waals surface area contributed by atoms with Gasteiger partial charge in [0.1, 0.15) is 12.7 Å². The van der Waals surface area contributed by atoms with Crippen molar-refractivity contribution < 1.29 is 4.92 Å². The molecule has 0 radical (unpaired) electrons. The van der Waals surface area contributed by atoms with Crippen LogP contribution in [0, 0.1) is 16.0 Å². The number of aromatic nitrogens is 4. The zero-order chi connectivity index (χ0) is 18.6. The first-order chi connectivity index (χ1) is 13.2. The predicted molar refractivity (Wildman–Crippen MR) is 101 cm³/mol. The number of benzene rings is 1. The molecular formula is C19H20N6O2. The smallest absolute Gasteiger partial charge is 0.351 e. The molecule has 4 rings (SSSR count). The van der Waals surface area contributed by atoms with E-state index in [1.165, 1.54) is 18.2 Å². The molecule has 27 heavy (non-hydrogen) atoms. The number of hydrogen-bond acceptors (Lipinski definition) is 6. The summed E-state index contributed by atoms with van der Waals surface area (Å²) in [7, 11) is 0. The van der Waals surface area contributed by atoms with E-state index in [2.05, 4.69) is 39.2 Å². The minimum absolute atomic E-state index is 0.0722. The highest BCUT2D eigenvalue weighted by Crippen LogP contribution is 2.33. The lowest BCUT2D eigenvalue weighted by molar-refractivity contribution is -0.384. The molecule has 1 saturated heterocycles. The molecule has 1 aliphatic heterocycles. The lowest BCUT2D eigenvalue weighted by Crippen LogP contribution is -2.35. The highest BCUT2D eigenvalue weighted by Gasteiger charge is 2.30. The van der Waals surface area contributed by atoms with E-state index in [1.807, 2.05) is 11.0 Å². The van der Waals surface area contributed by atoms with Gasteiger partial charge in [0.2, 0.25) is 11.6 Å². The number of anilines is 1. The van der Waals surface area contributed by atoms with Crippen molar-refractivity contribution in [1.29, 1.82) is 0 Å². The van der Waals surface area contributed by atoms with Crippen molar-refractivity contribution in [1.82, 2.24) is 19.5 Å². The Morgan fingerprint density at radius 3 is 2.52 bits per heavy atom. The van der Waals surface area contributed by atoms with Crippen molar-refractivity contribution in [3.05, 3.63) is 71.1 Å². The van der Waals surface area contributed by atoms with Crippen molar-refractivity contribution in [3.8, 4) is 5.82 Å². The van der Waals surface area contributed by atoms with Crippen molar-refractivity contribution in [2.75, 3.05) is 18.0 Å². The minimum Gasteiger partial charge on any atom is -0.351 e. The zero-order valence-corrected chi connectivity index (χ0v) is 14.8. The van der Waals surface area contributed by atoms with E-state index in [0.717, 1.165) is 32.4 Å². The normalized spacial score (nSPS) is 15.0. The topological polar surface area (TPSA) is 90.0 Å². The maximum absolute atomic E-state index is 11.8. The number of rotatable bonds is 5. The number of nitro groups is 1. The number of piperidine rings is 1. The van der Waals surface area contributed by atoms with Crippen LogP contribution in [-0.4, -0.2) is 37.5 Å². The molecule has 0 atom stereocenters. The second-order valence-electron chi connectivity index (χ2n) is 6.72. The average Bonchev–Trinajstić information content (AvgIpc) is 3.23. The Kier molecular flexibility index (Phi) is 4.78. The second-order valence-corrected chi connectivity index (χ2v) is 6.72. The molecule has 1 aromatic carbocycles. The maximum atomic E-state index is 11.8. The molecule has 8 heteroatoms. The van der Waals surface area contributed by atoms with Crippen LogP contribution in [0.15, 0.2) is 55.4 Å². The van der Waals surface area contributed by atoms with Crippen LogP contribution in [0.3, 0.4) is 0 Å². The van der Waals surface area contributed by atoms with Gasteiger partial charge in [-0.2, -0.15) is 0 Å². The summed E-state index contributed by atoms with van der Waals surface area (Å²) in [5, 5.41) is 11.8. The van der Waals surface area contributed by atoms with Gasteiger partial charge in [0.15, 0.2) is 0 Å². The van der Waals surface area contributed by atoms with Crippen LogP contribution in [-0.2, 0) is 6.42 Å². The van der Waals surface area contributed by atoms with Gasteiger partial charge in [0, 0.05) is 25.5 Å². The van der Waals surface area contributed by atoms with Crippen molar-refractivity contribution in [2.24, 2.45) is 5.92 Å². The summed E-state index contributed by atoms with van der Waals surface area (Å²) in [4.78, 5) is 25.7. The zero-order valence-electron chi connectivity index (χ0n) is 14.8. The van der Waals surface area contributed by atoms with Gasteiger partial charge in [0.05, 0.1) is 4.92 Å². The monoisotopic (exact) mass is 364 g/mol. The highest BCUT2D eigenvalue weighted by atomic mass is 16.6. The molecule has 0 N–H and O–H groups in total. The Bertz CT molecular complexity index is 905. The van der Waals surface area contributed by atoms with E-state index in [0.29, 0.717) is 11.7 Å². The molecule has 1 aliphatic rings. The van der Waals surface area contributed by atoms with Gasteiger partial charge in [-0.25, -0.2) is 15.0 Å². The van der Waals surface area contributed by atoms with E-state index >= 15 is 0 Å². The predicted octanol–water partition coefficient (Wildman–Crippen LogP) is 3.03. The molecule has 138 valence electrons. The molecule has 0 amide bonds. The van der Waals surface area contributed by atoms with Crippen LogP contribution >= 0.6 is 0 Å². The minimum atomic E-state index is -0.402. The molecule has 3 aromatic rings. The van der Waals surface area contributed by atoms with Gasteiger partial charge in [-0.05, 0) is 30.7 Å². The van der Waals surface area contributed by atoms with Gasteiger partial charge < -0.3 is 4.90 Å². The summed E-state index contributed by atoms with van der Waals surface area (Å²) in [6.45, 7) is 1.50. The molecule has 0 unspecified atom stereocenters. The number of imidazole rings is 1. The molecule has 0 aliphatic carbocycles. The summed E-state index contributed by atoms with van der Waals surface area (Å²) in [6, 6.07) is 10.5. The first kappa shape index (κ1) is 17.1. The van der Waals surface area contributed by atoms with Gasteiger partial charge >= 0.3 is 5.69 Å². The molecular weight excluding hydrogens is 344 g/mol. The summed E-state index contributed by atoms with van der Waals surface area (Å²) < 4.78 is 1.55.